The third-order valence-corrected chi connectivity index (χ3v) is 5.49. The first kappa shape index (κ1) is 19.7. The lowest BCUT2D eigenvalue weighted by atomic mass is 9.96. The summed E-state index contributed by atoms with van der Waals surface area (Å²) in [6, 6.07) is 1.47. The van der Waals surface area contributed by atoms with Crippen LogP contribution in [0.25, 0.3) is 0 Å². The van der Waals surface area contributed by atoms with Crippen molar-refractivity contribution in [2.24, 2.45) is 0 Å². The molecule has 1 aliphatic carbocycles. The smallest absolute Gasteiger partial charge is 0.237 e. The Hall–Kier alpha value is -0.650. The number of nitrogens with one attached hydrogen (secondary N) is 2. The van der Waals surface area contributed by atoms with Crippen LogP contribution < -0.4 is 10.6 Å². The van der Waals surface area contributed by atoms with Gasteiger partial charge in [0.1, 0.15) is 0 Å². The molecule has 1 saturated heterocycles. The number of carbonyl (C=O) groups is 1. The minimum atomic E-state index is -0.00656. The van der Waals surface area contributed by atoms with Crippen LogP contribution in [0.1, 0.15) is 65.2 Å². The molecule has 2 atom stereocenters. The van der Waals surface area contributed by atoms with Gasteiger partial charge in [0.15, 0.2) is 0 Å². The highest BCUT2D eigenvalue weighted by Gasteiger charge is 2.38. The van der Waals surface area contributed by atoms with Crippen molar-refractivity contribution in [3.8, 4) is 0 Å². The molecule has 24 heavy (non-hydrogen) atoms. The number of rotatable bonds is 7. The number of nitrogens with zero attached hydrogens (tertiary/aromatic N) is 1. The average Bonchev–Trinajstić information content (AvgIpc) is 2.94. The van der Waals surface area contributed by atoms with Crippen molar-refractivity contribution < 1.29 is 9.53 Å². The van der Waals surface area contributed by atoms with Crippen molar-refractivity contribution >= 4 is 5.91 Å². The summed E-state index contributed by atoms with van der Waals surface area (Å²) in [4.78, 5) is 14.9. The molecule has 0 spiro atoms. The second kappa shape index (κ2) is 10.4. The van der Waals surface area contributed by atoms with E-state index in [0.29, 0.717) is 31.3 Å². The van der Waals surface area contributed by atoms with Gasteiger partial charge in [0.25, 0.3) is 0 Å². The largest absolute Gasteiger partial charge is 0.383 e. The highest BCUT2D eigenvalue weighted by Crippen LogP contribution is 2.24. The molecule has 5 heteroatoms. The first-order valence-corrected chi connectivity index (χ1v) is 9.90. The Morgan fingerprint density at radius 1 is 1.12 bits per heavy atom. The topological polar surface area (TPSA) is 53.6 Å². The number of ether oxygens (including phenoxy) is 1. The fraction of sp³-hybridized carbons (Fsp3) is 0.947. The number of carbonyl (C=O) groups excluding carboxylic acids is 1. The minimum Gasteiger partial charge on any atom is -0.383 e. The van der Waals surface area contributed by atoms with Crippen LogP contribution in [0, 0.1) is 0 Å². The van der Waals surface area contributed by atoms with Crippen LogP contribution >= 0.6 is 0 Å². The van der Waals surface area contributed by atoms with Gasteiger partial charge in [-0.2, -0.15) is 0 Å². The van der Waals surface area contributed by atoms with Crippen LogP contribution in [0.4, 0.5) is 0 Å². The maximum absolute atomic E-state index is 12.5. The summed E-state index contributed by atoms with van der Waals surface area (Å²) in [6.07, 6.45) is 10.4. The third-order valence-electron chi connectivity index (χ3n) is 5.49. The lowest BCUT2D eigenvalue weighted by Gasteiger charge is -2.27. The van der Waals surface area contributed by atoms with E-state index >= 15 is 0 Å². The fourth-order valence-corrected chi connectivity index (χ4v) is 4.16. The molecule has 2 rings (SSSR count). The van der Waals surface area contributed by atoms with Crippen LogP contribution in [-0.4, -0.2) is 61.8 Å². The molecule has 0 radical (unpaired) electrons. The molecule has 5 nitrogen and oxygen atoms in total. The second-order valence-electron chi connectivity index (χ2n) is 7.73. The van der Waals surface area contributed by atoms with Crippen molar-refractivity contribution in [3.63, 3.8) is 0 Å². The molecule has 0 aromatic rings. The van der Waals surface area contributed by atoms with E-state index in [2.05, 4.69) is 29.4 Å². The zero-order valence-electron chi connectivity index (χ0n) is 15.9. The number of hydrogen-bond donors (Lipinski definition) is 2. The Morgan fingerprint density at radius 2 is 1.79 bits per heavy atom. The molecule has 1 saturated carbocycles. The Morgan fingerprint density at radius 3 is 2.42 bits per heavy atom. The van der Waals surface area contributed by atoms with Crippen molar-refractivity contribution in [1.29, 1.82) is 0 Å². The first-order valence-electron chi connectivity index (χ1n) is 9.90. The van der Waals surface area contributed by atoms with Gasteiger partial charge in [0.2, 0.25) is 5.91 Å². The SMILES string of the molecule is COCCNC(=O)[C@@H]1C[C@@H](NC2CCCCCCC2)CN1C(C)C. The summed E-state index contributed by atoms with van der Waals surface area (Å²) in [6.45, 7) is 6.53. The van der Waals surface area contributed by atoms with Gasteiger partial charge < -0.3 is 15.4 Å². The molecule has 0 aromatic heterocycles. The van der Waals surface area contributed by atoms with Crippen LogP contribution in [-0.2, 0) is 9.53 Å². The second-order valence-corrected chi connectivity index (χ2v) is 7.73. The molecular weight excluding hydrogens is 302 g/mol. The molecule has 1 heterocycles. The van der Waals surface area contributed by atoms with Crippen molar-refractivity contribution in [2.75, 3.05) is 26.8 Å². The highest BCUT2D eigenvalue weighted by molar-refractivity contribution is 5.82. The molecule has 2 fully saturated rings. The molecule has 0 aromatic carbocycles. The zero-order valence-corrected chi connectivity index (χ0v) is 15.9. The maximum atomic E-state index is 12.5. The number of hydrogen-bond acceptors (Lipinski definition) is 4. The molecule has 1 aliphatic heterocycles. The van der Waals surface area contributed by atoms with Gasteiger partial charge in [-0.25, -0.2) is 0 Å². The van der Waals surface area contributed by atoms with Gasteiger partial charge in [-0.1, -0.05) is 32.1 Å². The summed E-state index contributed by atoms with van der Waals surface area (Å²) in [7, 11) is 1.66. The molecule has 0 unspecified atom stereocenters. The van der Waals surface area contributed by atoms with Crippen LogP contribution in [0.2, 0.25) is 0 Å². The molecule has 140 valence electrons. The van der Waals surface area contributed by atoms with Gasteiger partial charge in [0.05, 0.1) is 12.6 Å². The Labute approximate surface area is 147 Å². The van der Waals surface area contributed by atoms with E-state index in [1.54, 1.807) is 7.11 Å². The van der Waals surface area contributed by atoms with Gasteiger partial charge in [-0.15, -0.1) is 0 Å². The quantitative estimate of drug-likeness (QED) is 0.699. The molecular formula is C19H37N3O2. The van der Waals surface area contributed by atoms with Gasteiger partial charge >= 0.3 is 0 Å². The summed E-state index contributed by atoms with van der Waals surface area (Å²) < 4.78 is 5.03. The fourth-order valence-electron chi connectivity index (χ4n) is 4.16. The lowest BCUT2D eigenvalue weighted by Crippen LogP contribution is -2.46. The van der Waals surface area contributed by atoms with E-state index in [4.69, 9.17) is 4.74 Å². The number of likely N-dealkylation sites (tertiary alicyclic amines) is 1. The van der Waals surface area contributed by atoms with E-state index < -0.39 is 0 Å². The van der Waals surface area contributed by atoms with Crippen molar-refractivity contribution in [3.05, 3.63) is 0 Å². The van der Waals surface area contributed by atoms with Gasteiger partial charge in [0, 0.05) is 38.3 Å². The zero-order chi connectivity index (χ0) is 17.4. The van der Waals surface area contributed by atoms with Crippen molar-refractivity contribution in [1.82, 2.24) is 15.5 Å². The van der Waals surface area contributed by atoms with Crippen LogP contribution in [0.5, 0.6) is 0 Å². The van der Waals surface area contributed by atoms with E-state index in [0.717, 1.165) is 13.0 Å². The van der Waals surface area contributed by atoms with Gasteiger partial charge in [-0.05, 0) is 33.1 Å². The van der Waals surface area contributed by atoms with Crippen LogP contribution in [0.3, 0.4) is 0 Å². The summed E-state index contributed by atoms with van der Waals surface area (Å²) in [5.41, 5.74) is 0. The third kappa shape index (κ3) is 6.01. The maximum Gasteiger partial charge on any atom is 0.237 e. The molecule has 1 amide bonds. The Kier molecular flexibility index (Phi) is 8.50. The summed E-state index contributed by atoms with van der Waals surface area (Å²) in [5.74, 6) is 0.155. The Balaban J connectivity index is 1.87. The van der Waals surface area contributed by atoms with Crippen molar-refractivity contribution in [2.45, 2.75) is 89.4 Å². The standard InChI is InChI=1S/C19H37N3O2/c1-15(2)22-14-17(13-18(22)19(23)20-11-12-24-3)21-16-9-7-5-4-6-8-10-16/h15-18,21H,4-14H2,1-3H3,(H,20,23)/t17-,18+/m1/s1. The van der Waals surface area contributed by atoms with Crippen LogP contribution in [0.15, 0.2) is 0 Å². The first-order chi connectivity index (χ1) is 11.6. The molecule has 2 aliphatic rings. The highest BCUT2D eigenvalue weighted by atomic mass is 16.5. The summed E-state index contributed by atoms with van der Waals surface area (Å²) >= 11 is 0. The van der Waals surface area contributed by atoms with E-state index in [1.165, 1.54) is 44.9 Å². The van der Waals surface area contributed by atoms with E-state index in [9.17, 15) is 4.79 Å². The van der Waals surface area contributed by atoms with E-state index in [-0.39, 0.29) is 11.9 Å². The molecule has 2 N–H and O–H groups in total. The lowest BCUT2D eigenvalue weighted by molar-refractivity contribution is -0.126. The molecule has 0 bridgehead atoms. The Bertz CT molecular complexity index is 368. The predicted octanol–water partition coefficient (Wildman–Crippen LogP) is 2.30. The predicted molar refractivity (Wildman–Crippen MR) is 98.2 cm³/mol. The van der Waals surface area contributed by atoms with Gasteiger partial charge in [-0.3, -0.25) is 9.69 Å². The monoisotopic (exact) mass is 339 g/mol. The minimum absolute atomic E-state index is 0.00656. The summed E-state index contributed by atoms with van der Waals surface area (Å²) in [5, 5.41) is 6.90. The normalized spacial score (nSPS) is 27.2. The number of methoxy groups -OCH3 is 1. The van der Waals surface area contributed by atoms with E-state index in [1.807, 2.05) is 0 Å². The number of amides is 1. The average molecular weight is 340 g/mol.